The first-order chi connectivity index (χ1) is 16.9. The van der Waals surface area contributed by atoms with Crippen LogP contribution in [-0.2, 0) is 20.6 Å². The molecule has 5 rings (SSSR count). The molecule has 0 N–H and O–H groups in total. The second-order valence-electron chi connectivity index (χ2n) is 9.04. The predicted molar refractivity (Wildman–Crippen MR) is 138 cm³/mol. The predicted octanol–water partition coefficient (Wildman–Crippen LogP) is 2.13. The number of imidazole rings is 1. The molecule has 0 aliphatic carbocycles. The lowest BCUT2D eigenvalue weighted by atomic mass is 10.1. The van der Waals surface area contributed by atoms with Crippen LogP contribution < -0.4 is 25.8 Å². The molecule has 9 nitrogen and oxygen atoms in total. The summed E-state index contributed by atoms with van der Waals surface area (Å²) in [6, 6.07) is 16.3. The molecule has 0 atom stereocenters. The number of hydrogen-bond acceptors (Lipinski definition) is 6. The van der Waals surface area contributed by atoms with Crippen LogP contribution in [0.1, 0.15) is 11.1 Å². The Morgan fingerprint density at radius 2 is 1.60 bits per heavy atom. The Bertz CT molecular complexity index is 1490. The summed E-state index contributed by atoms with van der Waals surface area (Å²) in [6.07, 6.45) is 0. The SMILES string of the molecule is COc1ccc(N2CCN(c3nc4c(c(=O)n(C)c(=O)n4C)n3Cc3cccc(C)c3)CC2)cc1. The van der Waals surface area contributed by atoms with Crippen LogP contribution in [0.2, 0.25) is 0 Å². The fourth-order valence-electron chi connectivity index (χ4n) is 4.78. The van der Waals surface area contributed by atoms with Gasteiger partial charge in [-0.05, 0) is 36.8 Å². The van der Waals surface area contributed by atoms with Crippen molar-refractivity contribution in [3.05, 3.63) is 80.5 Å². The molecule has 9 heteroatoms. The van der Waals surface area contributed by atoms with E-state index < -0.39 is 0 Å². The lowest BCUT2D eigenvalue weighted by molar-refractivity contribution is 0.415. The quantitative estimate of drug-likeness (QED) is 0.441. The Morgan fingerprint density at radius 3 is 2.26 bits per heavy atom. The molecule has 2 aromatic heterocycles. The Kier molecular flexibility index (Phi) is 5.84. The Morgan fingerprint density at radius 1 is 0.914 bits per heavy atom. The molecule has 1 aliphatic rings. The second kappa shape index (κ2) is 8.98. The third-order valence-corrected chi connectivity index (χ3v) is 6.75. The molecule has 0 bridgehead atoms. The van der Waals surface area contributed by atoms with Crippen LogP contribution in [-0.4, -0.2) is 52.0 Å². The van der Waals surface area contributed by atoms with E-state index in [1.54, 1.807) is 14.2 Å². The van der Waals surface area contributed by atoms with E-state index in [1.165, 1.54) is 11.6 Å². The number of aromatic nitrogens is 4. The lowest BCUT2D eigenvalue weighted by Crippen LogP contribution is -2.47. The lowest BCUT2D eigenvalue weighted by Gasteiger charge is -2.36. The smallest absolute Gasteiger partial charge is 0.332 e. The van der Waals surface area contributed by atoms with Crippen molar-refractivity contribution in [2.45, 2.75) is 13.5 Å². The summed E-state index contributed by atoms with van der Waals surface area (Å²) in [5.74, 6) is 1.55. The zero-order valence-electron chi connectivity index (χ0n) is 20.6. The summed E-state index contributed by atoms with van der Waals surface area (Å²) >= 11 is 0. The molecule has 3 heterocycles. The summed E-state index contributed by atoms with van der Waals surface area (Å²) in [6.45, 7) is 5.68. The zero-order valence-corrected chi connectivity index (χ0v) is 20.6. The third-order valence-electron chi connectivity index (χ3n) is 6.75. The molecule has 1 saturated heterocycles. The first-order valence-corrected chi connectivity index (χ1v) is 11.7. The van der Waals surface area contributed by atoms with E-state index in [0.717, 1.165) is 53.3 Å². The van der Waals surface area contributed by atoms with E-state index in [-0.39, 0.29) is 11.2 Å². The van der Waals surface area contributed by atoms with Gasteiger partial charge >= 0.3 is 5.69 Å². The number of benzene rings is 2. The Balaban J connectivity index is 1.53. The molecular formula is C26H30N6O3. The largest absolute Gasteiger partial charge is 0.497 e. The minimum Gasteiger partial charge on any atom is -0.497 e. The van der Waals surface area contributed by atoms with E-state index in [1.807, 2.05) is 22.8 Å². The van der Waals surface area contributed by atoms with Crippen LogP contribution >= 0.6 is 0 Å². The van der Waals surface area contributed by atoms with Crippen molar-refractivity contribution in [3.8, 4) is 5.75 Å². The maximum absolute atomic E-state index is 13.2. The second-order valence-corrected chi connectivity index (χ2v) is 9.04. The van der Waals surface area contributed by atoms with Crippen LogP contribution in [0, 0.1) is 6.92 Å². The Labute approximate surface area is 203 Å². The highest BCUT2D eigenvalue weighted by molar-refractivity contribution is 5.75. The molecule has 35 heavy (non-hydrogen) atoms. The summed E-state index contributed by atoms with van der Waals surface area (Å²) in [5, 5.41) is 0. The first kappa shape index (κ1) is 22.8. The van der Waals surface area contributed by atoms with Gasteiger partial charge in [-0.3, -0.25) is 18.5 Å². The molecule has 2 aromatic carbocycles. The summed E-state index contributed by atoms with van der Waals surface area (Å²) in [5.41, 5.74) is 3.54. The molecule has 0 amide bonds. The van der Waals surface area contributed by atoms with Crippen LogP contribution in [0.3, 0.4) is 0 Å². The van der Waals surface area contributed by atoms with Crippen molar-refractivity contribution >= 4 is 22.8 Å². The topological polar surface area (TPSA) is 77.5 Å². The van der Waals surface area contributed by atoms with Gasteiger partial charge in [0.15, 0.2) is 11.2 Å². The molecule has 0 saturated carbocycles. The van der Waals surface area contributed by atoms with Gasteiger partial charge in [0, 0.05) is 46.0 Å². The van der Waals surface area contributed by atoms with Gasteiger partial charge in [-0.1, -0.05) is 29.8 Å². The number of hydrogen-bond donors (Lipinski definition) is 0. The van der Waals surface area contributed by atoms with Crippen molar-refractivity contribution in [1.29, 1.82) is 0 Å². The molecule has 1 fully saturated rings. The molecule has 1 aliphatic heterocycles. The van der Waals surface area contributed by atoms with Crippen molar-refractivity contribution in [2.24, 2.45) is 14.1 Å². The third kappa shape index (κ3) is 4.07. The van der Waals surface area contributed by atoms with Crippen LogP contribution in [0.15, 0.2) is 58.1 Å². The summed E-state index contributed by atoms with van der Waals surface area (Å²) in [4.78, 5) is 35.2. The number of anilines is 2. The van der Waals surface area contributed by atoms with Gasteiger partial charge in [-0.2, -0.15) is 4.98 Å². The van der Waals surface area contributed by atoms with E-state index >= 15 is 0 Å². The monoisotopic (exact) mass is 474 g/mol. The number of fused-ring (bicyclic) bond motifs is 1. The fraction of sp³-hybridized carbons (Fsp3) is 0.346. The van der Waals surface area contributed by atoms with E-state index in [2.05, 4.69) is 47.1 Å². The van der Waals surface area contributed by atoms with Crippen molar-refractivity contribution in [3.63, 3.8) is 0 Å². The fourth-order valence-corrected chi connectivity index (χ4v) is 4.78. The van der Waals surface area contributed by atoms with Gasteiger partial charge in [0.2, 0.25) is 5.95 Å². The first-order valence-electron chi connectivity index (χ1n) is 11.7. The van der Waals surface area contributed by atoms with E-state index in [0.29, 0.717) is 23.7 Å². The number of rotatable bonds is 5. The minimum absolute atomic E-state index is 0.327. The average Bonchev–Trinajstić information content (AvgIpc) is 3.25. The number of ether oxygens (including phenoxy) is 1. The Hall–Kier alpha value is -4.01. The van der Waals surface area contributed by atoms with Gasteiger partial charge in [0.1, 0.15) is 5.75 Å². The maximum Gasteiger partial charge on any atom is 0.332 e. The minimum atomic E-state index is -0.376. The molecule has 0 spiro atoms. The number of piperazine rings is 1. The van der Waals surface area contributed by atoms with Gasteiger partial charge in [0.05, 0.1) is 13.7 Å². The maximum atomic E-state index is 13.2. The molecule has 0 radical (unpaired) electrons. The van der Waals surface area contributed by atoms with Gasteiger partial charge in [-0.25, -0.2) is 4.79 Å². The van der Waals surface area contributed by atoms with Crippen molar-refractivity contribution in [1.82, 2.24) is 18.7 Å². The van der Waals surface area contributed by atoms with Crippen LogP contribution in [0.25, 0.3) is 11.2 Å². The van der Waals surface area contributed by atoms with Crippen LogP contribution in [0.5, 0.6) is 5.75 Å². The van der Waals surface area contributed by atoms with E-state index in [9.17, 15) is 9.59 Å². The highest BCUT2D eigenvalue weighted by atomic mass is 16.5. The van der Waals surface area contributed by atoms with E-state index in [4.69, 9.17) is 9.72 Å². The zero-order chi connectivity index (χ0) is 24.7. The highest BCUT2D eigenvalue weighted by Gasteiger charge is 2.26. The standard InChI is InChI=1S/C26H30N6O3/c1-18-6-5-7-19(16-18)17-32-22-23(28(2)26(34)29(3)24(22)33)27-25(32)31-14-12-30(13-15-31)20-8-10-21(35-4)11-9-20/h5-11,16H,12-15,17H2,1-4H3. The van der Waals surface area contributed by atoms with Gasteiger partial charge in [-0.15, -0.1) is 0 Å². The highest BCUT2D eigenvalue weighted by Crippen LogP contribution is 2.25. The molecule has 0 unspecified atom stereocenters. The normalized spacial score (nSPS) is 14.1. The summed E-state index contributed by atoms with van der Waals surface area (Å²) in [7, 11) is 4.85. The van der Waals surface area contributed by atoms with Crippen molar-refractivity contribution in [2.75, 3.05) is 43.1 Å². The number of methoxy groups -OCH3 is 1. The summed E-state index contributed by atoms with van der Waals surface area (Å²) < 4.78 is 9.86. The van der Waals surface area contributed by atoms with Gasteiger partial charge in [0.25, 0.3) is 5.56 Å². The molecule has 182 valence electrons. The van der Waals surface area contributed by atoms with Crippen molar-refractivity contribution < 1.29 is 4.74 Å². The molecular weight excluding hydrogens is 444 g/mol. The van der Waals surface area contributed by atoms with Crippen LogP contribution in [0.4, 0.5) is 11.6 Å². The van der Waals surface area contributed by atoms with Gasteiger partial charge < -0.3 is 14.5 Å². The number of aryl methyl sites for hydroxylation is 2. The number of nitrogens with zero attached hydrogens (tertiary/aromatic N) is 6. The molecule has 4 aromatic rings. The average molecular weight is 475 g/mol.